The molecule has 0 unspecified atom stereocenters. The van der Waals surface area contributed by atoms with Crippen molar-refractivity contribution in [2.24, 2.45) is 0 Å². The number of nitrogens with zero attached hydrogens (tertiary/aromatic N) is 2. The van der Waals surface area contributed by atoms with E-state index in [1.807, 2.05) is 0 Å². The lowest BCUT2D eigenvalue weighted by atomic mass is 10.0. The fourth-order valence-corrected chi connectivity index (χ4v) is 14.9. The van der Waals surface area contributed by atoms with Gasteiger partial charge in [-0.2, -0.15) is 0 Å². The first kappa shape index (κ1) is 24.7. The quantitative estimate of drug-likeness (QED) is 0.483. The van der Waals surface area contributed by atoms with Crippen molar-refractivity contribution in [3.05, 3.63) is 0 Å². The Morgan fingerprint density at radius 1 is 0.750 bits per heavy atom. The van der Waals surface area contributed by atoms with Crippen molar-refractivity contribution < 1.29 is 4.43 Å². The number of hydrogen-bond acceptors (Lipinski definition) is 3. The van der Waals surface area contributed by atoms with Crippen LogP contribution >= 0.6 is 0 Å². The van der Waals surface area contributed by atoms with Crippen molar-refractivity contribution in [3.8, 4) is 0 Å². The summed E-state index contributed by atoms with van der Waals surface area (Å²) in [5, 5.41) is 0. The van der Waals surface area contributed by atoms with E-state index in [1.165, 1.54) is 32.5 Å². The highest BCUT2D eigenvalue weighted by Gasteiger charge is 2.35. The van der Waals surface area contributed by atoms with Gasteiger partial charge in [0, 0.05) is 12.1 Å². The molecule has 0 spiro atoms. The molecule has 0 aromatic heterocycles. The molecule has 0 aromatic rings. The van der Waals surface area contributed by atoms with Gasteiger partial charge in [-0.25, -0.2) is 0 Å². The summed E-state index contributed by atoms with van der Waals surface area (Å²) >= 11 is 0. The maximum Gasteiger partial charge on any atom is 0.146 e. The average molecular weight is 407 g/mol. The van der Waals surface area contributed by atoms with Gasteiger partial charge in [-0.15, -0.1) is 0 Å². The maximum atomic E-state index is 5.73. The van der Waals surface area contributed by atoms with Gasteiger partial charge in [0.25, 0.3) is 0 Å². The summed E-state index contributed by atoms with van der Waals surface area (Å²) in [6.45, 7) is 30.7. The second-order valence-corrected chi connectivity index (χ2v) is 26.3. The first-order chi connectivity index (χ1) is 10.5. The fourth-order valence-electron chi connectivity index (χ4n) is 3.48. The highest BCUT2D eigenvalue weighted by Crippen LogP contribution is 2.21. The van der Waals surface area contributed by atoms with Crippen molar-refractivity contribution in [3.63, 3.8) is 0 Å². The van der Waals surface area contributed by atoms with E-state index in [2.05, 4.69) is 81.6 Å². The van der Waals surface area contributed by atoms with Gasteiger partial charge >= 0.3 is 0 Å². The zero-order valence-corrected chi connectivity index (χ0v) is 23.8. The Hall–Kier alpha value is 0.748. The SMILES string of the molecule is CC(C)(CCCN(CCN([Si](C)(C)C)[Si](C)(C)C)[Si](C)(C)C)O[SiH3]. The molecule has 0 aliphatic carbocycles. The third-order valence-electron chi connectivity index (χ3n) is 4.92. The molecule has 0 saturated heterocycles. The molecule has 0 atom stereocenters. The first-order valence-electron chi connectivity index (χ1n) is 9.59. The van der Waals surface area contributed by atoms with E-state index in [1.54, 1.807) is 0 Å². The topological polar surface area (TPSA) is 15.7 Å². The standard InChI is InChI=1S/C17H46N2OSi4/c1-17(2,20-21)13-12-14-18(22(3,4)5)15-16-19(23(6,7)8)24(9,10)11/h12-16H2,1-11,21H3. The highest BCUT2D eigenvalue weighted by molar-refractivity contribution is 6.89. The summed E-state index contributed by atoms with van der Waals surface area (Å²) in [5.41, 5.74) is 0.0695. The number of rotatable bonds is 11. The molecule has 0 radical (unpaired) electrons. The molecule has 0 aromatic carbocycles. The van der Waals surface area contributed by atoms with Gasteiger partial charge in [0.1, 0.15) is 35.2 Å². The van der Waals surface area contributed by atoms with Gasteiger partial charge in [0.15, 0.2) is 0 Å². The summed E-state index contributed by atoms with van der Waals surface area (Å²) in [6, 6.07) is 0. The molecule has 3 nitrogen and oxygen atoms in total. The molecule has 7 heteroatoms. The Balaban J connectivity index is 4.86. The Bertz CT molecular complexity index is 356. The van der Waals surface area contributed by atoms with E-state index in [0.29, 0.717) is 0 Å². The van der Waals surface area contributed by atoms with Crippen LogP contribution in [0.2, 0.25) is 58.9 Å². The minimum Gasteiger partial charge on any atom is -0.423 e. The summed E-state index contributed by atoms with van der Waals surface area (Å²) in [7, 11) is -2.93. The monoisotopic (exact) mass is 406 g/mol. The molecule has 0 heterocycles. The second-order valence-electron chi connectivity index (χ2n) is 10.7. The summed E-state index contributed by atoms with van der Waals surface area (Å²) in [5.74, 6) is 0. The highest BCUT2D eigenvalue weighted by atomic mass is 28.4. The first-order valence-corrected chi connectivity index (χ1v) is 20.7. The van der Waals surface area contributed by atoms with Crippen LogP contribution in [0.4, 0.5) is 0 Å². The predicted molar refractivity (Wildman–Crippen MR) is 123 cm³/mol. The summed E-state index contributed by atoms with van der Waals surface area (Å²) < 4.78 is 11.5. The van der Waals surface area contributed by atoms with Gasteiger partial charge in [-0.05, 0) is 39.8 Å². The van der Waals surface area contributed by atoms with E-state index < -0.39 is 24.7 Å². The number of hydrogen-bond donors (Lipinski definition) is 0. The minimum absolute atomic E-state index is 0.0695. The lowest BCUT2D eigenvalue weighted by Gasteiger charge is -2.46. The second kappa shape index (κ2) is 9.10. The zero-order chi connectivity index (χ0) is 19.4. The molecule has 0 saturated carbocycles. The largest absolute Gasteiger partial charge is 0.423 e. The zero-order valence-electron chi connectivity index (χ0n) is 18.8. The Kier molecular flexibility index (Phi) is 9.38. The van der Waals surface area contributed by atoms with Crippen molar-refractivity contribution >= 4 is 35.2 Å². The lowest BCUT2D eigenvalue weighted by molar-refractivity contribution is 0.108. The van der Waals surface area contributed by atoms with E-state index in [0.717, 1.165) is 10.5 Å². The van der Waals surface area contributed by atoms with Gasteiger partial charge in [0.05, 0.1) is 0 Å². The van der Waals surface area contributed by atoms with Crippen LogP contribution in [-0.4, -0.2) is 69.2 Å². The third kappa shape index (κ3) is 9.45. The van der Waals surface area contributed by atoms with E-state index >= 15 is 0 Å². The van der Waals surface area contributed by atoms with Gasteiger partial charge < -0.3 is 13.2 Å². The molecule has 0 fully saturated rings. The Morgan fingerprint density at radius 3 is 1.54 bits per heavy atom. The van der Waals surface area contributed by atoms with Crippen LogP contribution in [0.15, 0.2) is 0 Å². The van der Waals surface area contributed by atoms with E-state index in [4.69, 9.17) is 4.43 Å². The molecule has 0 aliphatic heterocycles. The molecular weight excluding hydrogens is 361 g/mol. The normalized spacial score (nSPS) is 14.9. The Labute approximate surface area is 159 Å². The van der Waals surface area contributed by atoms with Crippen LogP contribution < -0.4 is 0 Å². The molecule has 0 rings (SSSR count). The van der Waals surface area contributed by atoms with Gasteiger partial charge in [-0.3, -0.25) is 0 Å². The van der Waals surface area contributed by atoms with Crippen LogP contribution in [0.1, 0.15) is 26.7 Å². The Morgan fingerprint density at radius 2 is 1.21 bits per heavy atom. The van der Waals surface area contributed by atoms with Gasteiger partial charge in [0.2, 0.25) is 0 Å². The minimum atomic E-state index is -1.27. The summed E-state index contributed by atoms with van der Waals surface area (Å²) in [4.78, 5) is 0. The molecule has 146 valence electrons. The fraction of sp³-hybridized carbons (Fsp3) is 1.00. The van der Waals surface area contributed by atoms with Gasteiger partial charge in [-0.1, -0.05) is 58.9 Å². The molecule has 0 N–H and O–H groups in total. The van der Waals surface area contributed by atoms with Crippen LogP contribution in [0, 0.1) is 0 Å². The maximum absolute atomic E-state index is 5.73. The van der Waals surface area contributed by atoms with Crippen molar-refractivity contribution in [1.29, 1.82) is 0 Å². The molecule has 0 bridgehead atoms. The lowest BCUT2D eigenvalue weighted by Crippen LogP contribution is -2.62. The predicted octanol–water partition coefficient (Wildman–Crippen LogP) is 3.95. The van der Waals surface area contributed by atoms with Crippen LogP contribution in [0.3, 0.4) is 0 Å². The third-order valence-corrected chi connectivity index (χ3v) is 16.1. The molecular formula is C17H46N2OSi4. The van der Waals surface area contributed by atoms with Crippen LogP contribution in [0.25, 0.3) is 0 Å². The van der Waals surface area contributed by atoms with E-state index in [9.17, 15) is 0 Å². The smallest absolute Gasteiger partial charge is 0.146 e. The van der Waals surface area contributed by atoms with Crippen LogP contribution in [0.5, 0.6) is 0 Å². The van der Waals surface area contributed by atoms with Crippen molar-refractivity contribution in [1.82, 2.24) is 8.80 Å². The average Bonchev–Trinajstić information content (AvgIpc) is 2.32. The van der Waals surface area contributed by atoms with Crippen LogP contribution in [-0.2, 0) is 4.43 Å². The van der Waals surface area contributed by atoms with Crippen molar-refractivity contribution in [2.45, 2.75) is 91.2 Å². The van der Waals surface area contributed by atoms with E-state index in [-0.39, 0.29) is 5.60 Å². The summed E-state index contributed by atoms with van der Waals surface area (Å²) in [6.07, 6.45) is 2.42. The van der Waals surface area contributed by atoms with Crippen molar-refractivity contribution in [2.75, 3.05) is 19.6 Å². The molecule has 0 aliphatic rings. The molecule has 24 heavy (non-hydrogen) atoms. The molecule has 0 amide bonds.